The first-order valence-electron chi connectivity index (χ1n) is 9.14. The molecule has 0 aliphatic carbocycles. The summed E-state index contributed by atoms with van der Waals surface area (Å²) in [6, 6.07) is 20.1. The molecule has 1 heterocycles. The molecular weight excluding hydrogens is 278 g/mol. The Kier molecular flexibility index (Phi) is 5.87. The van der Waals surface area contributed by atoms with Gasteiger partial charge in [-0.25, -0.2) is 0 Å². The first-order valence-corrected chi connectivity index (χ1v) is 9.14. The van der Waals surface area contributed by atoms with Crippen molar-refractivity contribution in [1.29, 1.82) is 0 Å². The highest BCUT2D eigenvalue weighted by Gasteiger charge is 2.14. The molecule has 0 unspecified atom stereocenters. The van der Waals surface area contributed by atoms with Crippen LogP contribution >= 0.6 is 0 Å². The highest BCUT2D eigenvalue weighted by atomic mass is 15.1. The summed E-state index contributed by atoms with van der Waals surface area (Å²) in [7, 11) is 0. The number of hydrogen-bond acceptors (Lipinski definition) is 1. The second kappa shape index (κ2) is 8.31. The van der Waals surface area contributed by atoms with Gasteiger partial charge in [-0.3, -0.25) is 0 Å². The van der Waals surface area contributed by atoms with Crippen molar-refractivity contribution in [3.05, 3.63) is 71.3 Å². The molecule has 1 saturated heterocycles. The van der Waals surface area contributed by atoms with Gasteiger partial charge in [0.25, 0.3) is 0 Å². The third-order valence-electron chi connectivity index (χ3n) is 4.92. The van der Waals surface area contributed by atoms with Crippen LogP contribution < -0.4 is 0 Å². The summed E-state index contributed by atoms with van der Waals surface area (Å²) in [5.41, 5.74) is 4.36. The van der Waals surface area contributed by atoms with E-state index in [0.717, 1.165) is 18.8 Å². The van der Waals surface area contributed by atoms with E-state index < -0.39 is 0 Å². The van der Waals surface area contributed by atoms with Gasteiger partial charge >= 0.3 is 0 Å². The van der Waals surface area contributed by atoms with Crippen LogP contribution in [-0.2, 0) is 19.3 Å². The zero-order valence-corrected chi connectivity index (χ0v) is 14.4. The summed E-state index contributed by atoms with van der Waals surface area (Å²) in [4.78, 5) is 2.62. The van der Waals surface area contributed by atoms with Gasteiger partial charge in [0, 0.05) is 6.54 Å². The van der Waals surface area contributed by atoms with E-state index in [9.17, 15) is 0 Å². The highest BCUT2D eigenvalue weighted by Crippen LogP contribution is 2.15. The van der Waals surface area contributed by atoms with Gasteiger partial charge in [-0.05, 0) is 67.8 Å². The molecule has 3 rings (SSSR count). The van der Waals surface area contributed by atoms with E-state index in [2.05, 4.69) is 66.4 Å². The lowest BCUT2D eigenvalue weighted by Gasteiger charge is -2.20. The van der Waals surface area contributed by atoms with E-state index in [1.165, 1.54) is 55.6 Å². The molecule has 0 spiro atoms. The Morgan fingerprint density at radius 1 is 0.783 bits per heavy atom. The summed E-state index contributed by atoms with van der Waals surface area (Å²) >= 11 is 0. The Hall–Kier alpha value is -1.60. The molecule has 1 fully saturated rings. The molecule has 1 heteroatoms. The van der Waals surface area contributed by atoms with Gasteiger partial charge < -0.3 is 4.90 Å². The van der Waals surface area contributed by atoms with Crippen LogP contribution in [-0.4, -0.2) is 24.5 Å². The van der Waals surface area contributed by atoms with Gasteiger partial charge in [0.1, 0.15) is 0 Å². The van der Waals surface area contributed by atoms with Gasteiger partial charge in [0.2, 0.25) is 0 Å². The predicted molar refractivity (Wildman–Crippen MR) is 98.8 cm³/mol. The monoisotopic (exact) mass is 307 g/mol. The third-order valence-corrected chi connectivity index (χ3v) is 4.92. The fourth-order valence-electron chi connectivity index (χ4n) is 3.65. The average molecular weight is 307 g/mol. The summed E-state index contributed by atoms with van der Waals surface area (Å²) in [6.45, 7) is 6.27. The first-order chi connectivity index (χ1) is 11.3. The summed E-state index contributed by atoms with van der Waals surface area (Å²) in [5, 5.41) is 0. The van der Waals surface area contributed by atoms with Crippen molar-refractivity contribution in [3.63, 3.8) is 0 Å². The minimum Gasteiger partial charge on any atom is -0.303 e. The minimum absolute atomic E-state index is 0.753. The van der Waals surface area contributed by atoms with Gasteiger partial charge in [0.15, 0.2) is 0 Å². The van der Waals surface area contributed by atoms with Crippen molar-refractivity contribution in [3.8, 4) is 0 Å². The molecule has 0 N–H and O–H groups in total. The number of benzene rings is 2. The molecule has 1 nitrogen and oxygen atoms in total. The zero-order valence-electron chi connectivity index (χ0n) is 14.4. The van der Waals surface area contributed by atoms with Crippen LogP contribution in [0, 0.1) is 5.92 Å². The lowest BCUT2D eigenvalue weighted by molar-refractivity contribution is 0.287. The molecule has 23 heavy (non-hydrogen) atoms. The minimum atomic E-state index is 0.753. The van der Waals surface area contributed by atoms with Crippen molar-refractivity contribution in [2.24, 2.45) is 5.92 Å². The second-order valence-corrected chi connectivity index (χ2v) is 7.12. The molecule has 2 aromatic carbocycles. The molecule has 1 aliphatic heterocycles. The Morgan fingerprint density at radius 2 is 1.35 bits per heavy atom. The fraction of sp³-hybridized carbons (Fsp3) is 0.455. The maximum absolute atomic E-state index is 2.62. The van der Waals surface area contributed by atoms with E-state index >= 15 is 0 Å². The van der Waals surface area contributed by atoms with E-state index in [1.54, 1.807) is 0 Å². The van der Waals surface area contributed by atoms with Gasteiger partial charge in [-0.15, -0.1) is 0 Å². The van der Waals surface area contributed by atoms with Crippen molar-refractivity contribution >= 4 is 0 Å². The Balaban J connectivity index is 1.46. The maximum Gasteiger partial charge on any atom is 0.00102 e. The first kappa shape index (κ1) is 16.3. The SMILES string of the molecule is C[C@@H](Cc1ccc(CCc2ccccc2)cc1)CN1CCCC1. The average Bonchev–Trinajstić information content (AvgIpc) is 3.08. The predicted octanol–water partition coefficient (Wildman–Crippen LogP) is 4.75. The van der Waals surface area contributed by atoms with Gasteiger partial charge in [0.05, 0.1) is 0 Å². The summed E-state index contributed by atoms with van der Waals surface area (Å²) in [6.07, 6.45) is 6.25. The number of rotatable bonds is 7. The molecular formula is C22H29N. The molecule has 0 amide bonds. The van der Waals surface area contributed by atoms with Crippen LogP contribution in [0.4, 0.5) is 0 Å². The standard InChI is InChI=1S/C22H29N/c1-19(18-23-15-5-6-16-23)17-22-13-11-21(12-14-22)10-9-20-7-3-2-4-8-20/h2-4,7-8,11-14,19H,5-6,9-10,15-18H2,1H3/t19-/m0/s1. The van der Waals surface area contributed by atoms with E-state index in [4.69, 9.17) is 0 Å². The summed E-state index contributed by atoms with van der Waals surface area (Å²) < 4.78 is 0. The molecule has 1 atom stereocenters. The van der Waals surface area contributed by atoms with E-state index in [-0.39, 0.29) is 0 Å². The number of aryl methyl sites for hydroxylation is 2. The van der Waals surface area contributed by atoms with Crippen LogP contribution in [0.5, 0.6) is 0 Å². The van der Waals surface area contributed by atoms with E-state index in [0.29, 0.717) is 0 Å². The number of nitrogens with zero attached hydrogens (tertiary/aromatic N) is 1. The molecule has 2 aromatic rings. The molecule has 122 valence electrons. The largest absolute Gasteiger partial charge is 0.303 e. The quantitative estimate of drug-likeness (QED) is 0.714. The van der Waals surface area contributed by atoms with Crippen LogP contribution in [0.1, 0.15) is 36.5 Å². The molecule has 0 radical (unpaired) electrons. The smallest absolute Gasteiger partial charge is 0.00102 e. The molecule has 0 saturated carbocycles. The Morgan fingerprint density at radius 3 is 2.00 bits per heavy atom. The maximum atomic E-state index is 2.62. The van der Waals surface area contributed by atoms with Gasteiger partial charge in [-0.1, -0.05) is 61.5 Å². The molecule has 0 bridgehead atoms. The van der Waals surface area contributed by atoms with E-state index in [1.807, 2.05) is 0 Å². The number of hydrogen-bond donors (Lipinski definition) is 0. The van der Waals surface area contributed by atoms with Crippen LogP contribution in [0.3, 0.4) is 0 Å². The Labute approximate surface area is 141 Å². The van der Waals surface area contributed by atoms with Crippen LogP contribution in [0.15, 0.2) is 54.6 Å². The number of likely N-dealkylation sites (tertiary alicyclic amines) is 1. The van der Waals surface area contributed by atoms with Crippen molar-refractivity contribution in [1.82, 2.24) is 4.90 Å². The topological polar surface area (TPSA) is 3.24 Å². The fourth-order valence-corrected chi connectivity index (χ4v) is 3.65. The van der Waals surface area contributed by atoms with Crippen molar-refractivity contribution in [2.75, 3.05) is 19.6 Å². The lowest BCUT2D eigenvalue weighted by atomic mass is 9.98. The third kappa shape index (κ3) is 5.21. The normalized spacial score (nSPS) is 16.6. The van der Waals surface area contributed by atoms with Crippen LogP contribution in [0.2, 0.25) is 0 Å². The van der Waals surface area contributed by atoms with Crippen molar-refractivity contribution < 1.29 is 0 Å². The zero-order chi connectivity index (χ0) is 15.9. The lowest BCUT2D eigenvalue weighted by Crippen LogP contribution is -2.26. The van der Waals surface area contributed by atoms with Gasteiger partial charge in [-0.2, -0.15) is 0 Å². The molecule has 1 aliphatic rings. The Bertz CT molecular complexity index is 567. The second-order valence-electron chi connectivity index (χ2n) is 7.12. The van der Waals surface area contributed by atoms with Crippen LogP contribution in [0.25, 0.3) is 0 Å². The summed E-state index contributed by atoms with van der Waals surface area (Å²) in [5.74, 6) is 0.753. The molecule has 0 aromatic heterocycles. The van der Waals surface area contributed by atoms with Crippen molar-refractivity contribution in [2.45, 2.75) is 39.0 Å². The highest BCUT2D eigenvalue weighted by molar-refractivity contribution is 5.24.